The molecule has 62 heavy (non-hydrogen) atoms. The van der Waals surface area contributed by atoms with Crippen molar-refractivity contribution < 1.29 is 25.8 Å². The number of para-hydroxylation sites is 4. The van der Waals surface area contributed by atoms with E-state index in [1.807, 2.05) is 81.4 Å². The summed E-state index contributed by atoms with van der Waals surface area (Å²) in [6.45, 7) is 12.1. The first kappa shape index (κ1) is 27.6. The van der Waals surface area contributed by atoms with Crippen LogP contribution >= 0.6 is 0 Å². The third-order valence-corrected chi connectivity index (χ3v) is 10.8. The van der Waals surface area contributed by atoms with Crippen molar-refractivity contribution in [3.63, 3.8) is 0 Å². The van der Waals surface area contributed by atoms with Crippen LogP contribution in [0.1, 0.15) is 69.1 Å². The van der Waals surface area contributed by atoms with Crippen molar-refractivity contribution in [1.82, 2.24) is 14.1 Å². The summed E-state index contributed by atoms with van der Waals surface area (Å²) in [4.78, 5) is 4.86. The molecule has 0 bridgehead atoms. The molecule has 0 fully saturated rings. The van der Waals surface area contributed by atoms with E-state index in [9.17, 15) is 2.74 Å². The Labute approximate surface area is 381 Å². The number of imidazole rings is 1. The lowest BCUT2D eigenvalue weighted by Gasteiger charge is -2.21. The normalized spacial score (nSPS) is 15.1. The van der Waals surface area contributed by atoms with E-state index in [2.05, 4.69) is 37.7 Å². The monoisotopic (exact) mass is 818 g/mol. The van der Waals surface area contributed by atoms with Crippen LogP contribution in [0.25, 0.3) is 72.3 Å². The van der Waals surface area contributed by atoms with Gasteiger partial charge in [-0.3, -0.25) is 13.7 Å². The van der Waals surface area contributed by atoms with Gasteiger partial charge in [-0.1, -0.05) is 169 Å². The third kappa shape index (κ3) is 7.24. The summed E-state index contributed by atoms with van der Waals surface area (Å²) >= 11 is 0. The van der Waals surface area contributed by atoms with Gasteiger partial charge in [0.15, 0.2) is 0 Å². The maximum Gasteiger partial charge on any atom is 0.269 e. The minimum absolute atomic E-state index is 0.131. The Balaban J connectivity index is 1.19. The molecule has 7 aromatic carbocycles. The average Bonchev–Trinajstić information content (AvgIpc) is 3.94. The molecule has 10 aromatic rings. The van der Waals surface area contributed by atoms with Gasteiger partial charge in [-0.25, -0.2) is 4.98 Å². The van der Waals surface area contributed by atoms with Gasteiger partial charge in [-0.05, 0) is 93.0 Å². The second kappa shape index (κ2) is 15.3. The van der Waals surface area contributed by atoms with E-state index in [-0.39, 0.29) is 33.4 Å². The predicted molar refractivity (Wildman–Crippen MR) is 255 cm³/mol. The topological polar surface area (TPSA) is 35.9 Å². The van der Waals surface area contributed by atoms with Gasteiger partial charge in [-0.15, -0.1) is 0 Å². The number of nitrogens with zero attached hydrogens (tertiary/aromatic N) is 4. The van der Waals surface area contributed by atoms with Crippen molar-refractivity contribution in [2.45, 2.75) is 53.3 Å². The number of fused-ring (bicyclic) bond motifs is 4. The Morgan fingerprint density at radius 2 is 1.32 bits per heavy atom. The maximum atomic E-state index is 9.71. The van der Waals surface area contributed by atoms with Crippen LogP contribution < -0.4 is 9.30 Å². The first-order chi connectivity index (χ1) is 34.9. The second-order valence-corrected chi connectivity index (χ2v) is 17.3. The van der Waals surface area contributed by atoms with Gasteiger partial charge in [0.1, 0.15) is 17.3 Å². The zero-order valence-corrected chi connectivity index (χ0v) is 35.2. The van der Waals surface area contributed by atoms with E-state index in [1.165, 1.54) is 0 Å². The summed E-state index contributed by atoms with van der Waals surface area (Å²) in [6, 6.07) is 29.6. The fourth-order valence-corrected chi connectivity index (χ4v) is 8.08. The summed E-state index contributed by atoms with van der Waals surface area (Å²) in [5.74, 6) is 1.45. The smallest absolute Gasteiger partial charge is 0.269 e. The largest absolute Gasteiger partial charge is 0.458 e. The lowest BCUT2D eigenvalue weighted by atomic mass is 9.86. The van der Waals surface area contributed by atoms with Crippen molar-refractivity contribution in [3.8, 4) is 50.9 Å². The lowest BCUT2D eigenvalue weighted by Crippen LogP contribution is -2.31. The fraction of sp³-hybridized carbons (Fsp3) is 0.158. The molecule has 0 aliphatic rings. The molecular formula is C57H50N4O. The number of rotatable bonds is 8. The van der Waals surface area contributed by atoms with E-state index >= 15 is 0 Å². The first-order valence-corrected chi connectivity index (χ1v) is 20.5. The van der Waals surface area contributed by atoms with Crippen molar-refractivity contribution in [3.05, 3.63) is 199 Å². The molecule has 0 radical (unpaired) electrons. The Morgan fingerprint density at radius 3 is 2.02 bits per heavy atom. The molecule has 3 heterocycles. The Hall–Kier alpha value is -7.24. The number of ether oxygens (including phenoxy) is 1. The number of pyridine rings is 1. The molecule has 0 N–H and O–H groups in total. The summed E-state index contributed by atoms with van der Waals surface area (Å²) in [5, 5.41) is 1.61. The van der Waals surface area contributed by atoms with Gasteiger partial charge in [0.25, 0.3) is 6.33 Å². The van der Waals surface area contributed by atoms with Crippen LogP contribution in [-0.4, -0.2) is 14.1 Å². The highest BCUT2D eigenvalue weighted by Gasteiger charge is 2.24. The van der Waals surface area contributed by atoms with Gasteiger partial charge in [0.2, 0.25) is 0 Å². The van der Waals surface area contributed by atoms with Gasteiger partial charge >= 0.3 is 0 Å². The summed E-state index contributed by atoms with van der Waals surface area (Å²) in [5.41, 5.74) is 3.88. The highest BCUT2D eigenvalue weighted by atomic mass is 16.5. The summed E-state index contributed by atoms with van der Waals surface area (Å²) < 4.78 is 119. The van der Waals surface area contributed by atoms with Gasteiger partial charge < -0.3 is 4.74 Å². The van der Waals surface area contributed by atoms with E-state index in [4.69, 9.17) is 23.4 Å². The molecule has 304 valence electrons. The molecule has 5 heteroatoms. The molecule has 0 atom stereocenters. The highest BCUT2D eigenvalue weighted by molar-refractivity contribution is 6.11. The van der Waals surface area contributed by atoms with Gasteiger partial charge in [0.05, 0.1) is 47.1 Å². The summed E-state index contributed by atoms with van der Waals surface area (Å²) in [6.07, 6.45) is 3.38. The number of hydrogen-bond acceptors (Lipinski definition) is 2. The predicted octanol–water partition coefficient (Wildman–Crippen LogP) is 14.2. The van der Waals surface area contributed by atoms with Crippen LogP contribution in [-0.2, 0) is 11.8 Å². The van der Waals surface area contributed by atoms with Crippen molar-refractivity contribution in [2.75, 3.05) is 0 Å². The van der Waals surface area contributed by atoms with Crippen molar-refractivity contribution in [1.29, 1.82) is 0 Å². The van der Waals surface area contributed by atoms with Gasteiger partial charge in [-0.2, -0.15) is 0 Å². The SMILES string of the molecule is [2H]c1c([2H])c([2H])c(-c2cccc(-c3c([2H])c([2H])c([2H])c([2H])c3[2H])c2-[n+]2[c-]n(-c3cccc(Oc4cc(C([2H])([2H])C(C)(C)C)c5c6ccccc6n(-c6cc(C(C)(C)C)ccn6)c5c4)c3)c3ccccc32)c([2H])c1[2H]. The fourth-order valence-electron chi connectivity index (χ4n) is 8.08. The quantitative estimate of drug-likeness (QED) is 0.113. The highest BCUT2D eigenvalue weighted by Crippen LogP contribution is 2.41. The number of benzene rings is 7. The Morgan fingerprint density at radius 1 is 0.661 bits per heavy atom. The second-order valence-electron chi connectivity index (χ2n) is 17.3. The van der Waals surface area contributed by atoms with E-state index in [0.717, 1.165) is 21.9 Å². The van der Waals surface area contributed by atoms with Crippen LogP contribution in [0.15, 0.2) is 182 Å². The minimum atomic E-state index is -1.85. The van der Waals surface area contributed by atoms with Crippen LogP contribution in [0.4, 0.5) is 0 Å². The van der Waals surface area contributed by atoms with Crippen LogP contribution in [0.2, 0.25) is 0 Å². The van der Waals surface area contributed by atoms with Gasteiger partial charge in [0, 0.05) is 25.8 Å². The molecule has 0 spiro atoms. The van der Waals surface area contributed by atoms with Crippen molar-refractivity contribution in [2.24, 2.45) is 5.41 Å². The zero-order valence-electron chi connectivity index (χ0n) is 47.2. The average molecular weight is 819 g/mol. The van der Waals surface area contributed by atoms with E-state index in [0.29, 0.717) is 45.1 Å². The standard InChI is InChI=1S/C57H50N4O/c1-56(2,3)37-41-33-45(36-52-54(41)48-25-13-14-28-49(48)61(52)53-34-42(31-32-58-53)57(4,5)6)62-44-24-17-23-43(35-44)59-38-60(51-30-16-15-29-50(51)59)55-46(39-19-9-7-10-20-39)26-18-27-47(55)40-21-11-8-12-22-40/h7-36H,37H2,1-6H3/i7D,8D,9D,10D,11D,12D,19D,20D,21D,22D,37D2. The van der Waals surface area contributed by atoms with Crippen LogP contribution in [0, 0.1) is 11.7 Å². The van der Waals surface area contributed by atoms with E-state index < -0.39 is 72.2 Å². The molecule has 0 saturated heterocycles. The molecule has 0 aliphatic heterocycles. The molecule has 0 unspecified atom stereocenters. The molecule has 0 amide bonds. The zero-order chi connectivity index (χ0) is 53.1. The molecular weight excluding hydrogens is 757 g/mol. The molecule has 0 aliphatic carbocycles. The summed E-state index contributed by atoms with van der Waals surface area (Å²) in [7, 11) is 0. The minimum Gasteiger partial charge on any atom is -0.458 e. The molecule has 0 saturated carbocycles. The molecule has 3 aromatic heterocycles. The third-order valence-electron chi connectivity index (χ3n) is 10.8. The maximum absolute atomic E-state index is 9.71. The Kier molecular flexibility index (Phi) is 6.82. The van der Waals surface area contributed by atoms with Crippen LogP contribution in [0.5, 0.6) is 11.5 Å². The van der Waals surface area contributed by atoms with Crippen molar-refractivity contribution >= 4 is 32.8 Å². The number of hydrogen-bond donors (Lipinski definition) is 0. The Bertz CT molecular complexity index is 3810. The molecule has 5 nitrogen and oxygen atoms in total. The van der Waals surface area contributed by atoms with Crippen LogP contribution in [0.3, 0.4) is 0 Å². The number of aromatic nitrogens is 4. The first-order valence-electron chi connectivity index (χ1n) is 26.5. The van der Waals surface area contributed by atoms with E-state index in [1.54, 1.807) is 63.9 Å². The molecule has 10 rings (SSSR count). The lowest BCUT2D eigenvalue weighted by molar-refractivity contribution is -0.571.